The Morgan fingerprint density at radius 1 is 1.08 bits per heavy atom. The third-order valence-corrected chi connectivity index (χ3v) is 3.40. The second-order valence-corrected chi connectivity index (χ2v) is 5.07. The maximum atomic E-state index is 12.4. The second kappa shape index (κ2) is 7.52. The van der Waals surface area contributed by atoms with Gasteiger partial charge in [-0.15, -0.1) is 0 Å². The van der Waals surface area contributed by atoms with Crippen molar-refractivity contribution in [2.75, 3.05) is 13.2 Å². The van der Waals surface area contributed by atoms with E-state index in [1.807, 2.05) is 30.3 Å². The smallest absolute Gasteiger partial charge is 0.258 e. The highest BCUT2D eigenvalue weighted by Crippen LogP contribution is 2.24. The number of ether oxygens (including phenoxy) is 1. The lowest BCUT2D eigenvalue weighted by molar-refractivity contribution is 0.347. The third-order valence-electron chi connectivity index (χ3n) is 3.40. The van der Waals surface area contributed by atoms with E-state index >= 15 is 0 Å². The molecule has 0 spiro atoms. The summed E-state index contributed by atoms with van der Waals surface area (Å²) >= 11 is 0. The largest absolute Gasteiger partial charge is 0.489 e. The first kappa shape index (κ1) is 15.9. The number of hydrogen-bond donors (Lipinski definition) is 1. The predicted octanol–water partition coefficient (Wildman–Crippen LogP) is 3.59. The van der Waals surface area contributed by atoms with Crippen LogP contribution in [0.3, 0.4) is 0 Å². The van der Waals surface area contributed by atoms with Gasteiger partial charge in [0, 0.05) is 23.2 Å². The maximum Gasteiger partial charge on any atom is 0.258 e. The van der Waals surface area contributed by atoms with E-state index in [4.69, 9.17) is 15.0 Å². The van der Waals surface area contributed by atoms with Gasteiger partial charge in [-0.05, 0) is 24.3 Å². The molecule has 6 heteroatoms. The first-order chi connectivity index (χ1) is 11.8. The van der Waals surface area contributed by atoms with E-state index in [9.17, 15) is 4.39 Å². The van der Waals surface area contributed by atoms with Crippen LogP contribution < -0.4 is 10.5 Å². The second-order valence-electron chi connectivity index (χ2n) is 5.07. The lowest BCUT2D eigenvalue weighted by atomic mass is 10.2. The molecule has 5 nitrogen and oxygen atoms in total. The zero-order valence-electron chi connectivity index (χ0n) is 12.9. The molecule has 3 rings (SSSR count). The minimum Gasteiger partial charge on any atom is -0.489 e. The van der Waals surface area contributed by atoms with Gasteiger partial charge in [-0.1, -0.05) is 35.5 Å². The van der Waals surface area contributed by atoms with Crippen molar-refractivity contribution in [2.24, 2.45) is 5.73 Å². The van der Waals surface area contributed by atoms with Crippen LogP contribution in [0.5, 0.6) is 5.75 Å². The van der Waals surface area contributed by atoms with Crippen LogP contribution in [-0.2, 0) is 0 Å². The first-order valence-electron chi connectivity index (χ1n) is 7.40. The standard InChI is InChI=1S/C18H16FN3O2/c19-10-13(11-20)12-23-16-8-6-15(7-9-16)18-21-17(22-24-18)14-4-2-1-3-5-14/h1-10H,11-12,20H2/b13-10+. The Labute approximate surface area is 138 Å². The van der Waals surface area contributed by atoms with Gasteiger partial charge >= 0.3 is 0 Å². The molecular weight excluding hydrogens is 309 g/mol. The van der Waals surface area contributed by atoms with Crippen LogP contribution in [0.2, 0.25) is 0 Å². The van der Waals surface area contributed by atoms with Crippen LogP contribution in [0.25, 0.3) is 22.8 Å². The topological polar surface area (TPSA) is 74.2 Å². The minimum atomic E-state index is 0.116. The highest BCUT2D eigenvalue weighted by Gasteiger charge is 2.10. The molecule has 1 aromatic heterocycles. The summed E-state index contributed by atoms with van der Waals surface area (Å²) in [6.07, 6.45) is 0.470. The third kappa shape index (κ3) is 3.67. The van der Waals surface area contributed by atoms with Gasteiger partial charge in [-0.3, -0.25) is 0 Å². The van der Waals surface area contributed by atoms with Crippen molar-refractivity contribution >= 4 is 0 Å². The summed E-state index contributed by atoms with van der Waals surface area (Å²) in [4.78, 5) is 4.39. The number of hydrogen-bond acceptors (Lipinski definition) is 5. The van der Waals surface area contributed by atoms with Crippen LogP contribution in [0.1, 0.15) is 0 Å². The lowest BCUT2D eigenvalue weighted by Crippen LogP contribution is -2.10. The zero-order valence-corrected chi connectivity index (χ0v) is 12.9. The Morgan fingerprint density at radius 3 is 2.50 bits per heavy atom. The van der Waals surface area contributed by atoms with E-state index in [1.165, 1.54) is 0 Å². The number of halogens is 1. The van der Waals surface area contributed by atoms with Gasteiger partial charge in [-0.2, -0.15) is 4.98 Å². The van der Waals surface area contributed by atoms with E-state index < -0.39 is 0 Å². The molecule has 0 aliphatic heterocycles. The Hall–Kier alpha value is -2.99. The predicted molar refractivity (Wildman–Crippen MR) is 88.9 cm³/mol. The zero-order chi connectivity index (χ0) is 16.8. The van der Waals surface area contributed by atoms with E-state index in [1.54, 1.807) is 24.3 Å². The van der Waals surface area contributed by atoms with Crippen LogP contribution >= 0.6 is 0 Å². The fourth-order valence-electron chi connectivity index (χ4n) is 2.05. The van der Waals surface area contributed by atoms with Gasteiger partial charge in [-0.25, -0.2) is 4.39 Å². The molecule has 0 radical (unpaired) electrons. The van der Waals surface area contributed by atoms with Crippen molar-refractivity contribution < 1.29 is 13.7 Å². The summed E-state index contributed by atoms with van der Waals surface area (Å²) in [7, 11) is 0. The average Bonchev–Trinajstić information content (AvgIpc) is 3.14. The van der Waals surface area contributed by atoms with Crippen LogP contribution in [0, 0.1) is 0 Å². The van der Waals surface area contributed by atoms with Crippen LogP contribution in [-0.4, -0.2) is 23.3 Å². The van der Waals surface area contributed by atoms with Crippen molar-refractivity contribution in [2.45, 2.75) is 0 Å². The SMILES string of the molecule is NC/C(=C\F)COc1ccc(-c2nc(-c3ccccc3)no2)cc1. The molecule has 0 saturated heterocycles. The van der Waals surface area contributed by atoms with Gasteiger partial charge in [0.1, 0.15) is 12.4 Å². The van der Waals surface area contributed by atoms with Crippen molar-refractivity contribution in [3.8, 4) is 28.6 Å². The van der Waals surface area contributed by atoms with E-state index in [-0.39, 0.29) is 13.2 Å². The molecule has 0 aliphatic rings. The molecule has 2 N–H and O–H groups in total. The maximum absolute atomic E-state index is 12.4. The molecule has 2 aromatic carbocycles. The molecule has 0 unspecified atom stereocenters. The molecule has 3 aromatic rings. The first-order valence-corrected chi connectivity index (χ1v) is 7.40. The Kier molecular flexibility index (Phi) is 4.98. The molecule has 0 amide bonds. The summed E-state index contributed by atoms with van der Waals surface area (Å²) < 4.78 is 23.2. The summed E-state index contributed by atoms with van der Waals surface area (Å²) in [5, 5.41) is 3.99. The molecule has 0 fully saturated rings. The van der Waals surface area contributed by atoms with Crippen molar-refractivity contribution in [1.29, 1.82) is 0 Å². The molecule has 0 saturated carbocycles. The van der Waals surface area contributed by atoms with Gasteiger partial charge in [0.25, 0.3) is 5.89 Å². The molecule has 122 valence electrons. The normalized spacial score (nSPS) is 11.5. The summed E-state index contributed by atoms with van der Waals surface area (Å²) in [5.74, 6) is 1.56. The molecule has 0 bridgehead atoms. The van der Waals surface area contributed by atoms with E-state index in [2.05, 4.69) is 10.1 Å². The molecule has 1 heterocycles. The highest BCUT2D eigenvalue weighted by atomic mass is 19.1. The lowest BCUT2D eigenvalue weighted by Gasteiger charge is -2.07. The highest BCUT2D eigenvalue weighted by molar-refractivity contribution is 5.60. The fourth-order valence-corrected chi connectivity index (χ4v) is 2.05. The quantitative estimate of drug-likeness (QED) is 0.749. The van der Waals surface area contributed by atoms with Crippen molar-refractivity contribution in [3.05, 3.63) is 66.5 Å². The number of benzene rings is 2. The van der Waals surface area contributed by atoms with Crippen LogP contribution in [0.15, 0.2) is 71.0 Å². The molecule has 24 heavy (non-hydrogen) atoms. The molecular formula is C18H16FN3O2. The van der Waals surface area contributed by atoms with Crippen molar-refractivity contribution in [1.82, 2.24) is 10.1 Å². The molecule has 0 atom stereocenters. The Morgan fingerprint density at radius 2 is 1.83 bits per heavy atom. The van der Waals surface area contributed by atoms with Crippen molar-refractivity contribution in [3.63, 3.8) is 0 Å². The monoisotopic (exact) mass is 325 g/mol. The van der Waals surface area contributed by atoms with E-state index in [0.29, 0.717) is 29.4 Å². The van der Waals surface area contributed by atoms with Crippen LogP contribution in [0.4, 0.5) is 4.39 Å². The van der Waals surface area contributed by atoms with Gasteiger partial charge in [0.2, 0.25) is 5.82 Å². The Bertz CT molecular complexity index is 814. The summed E-state index contributed by atoms with van der Waals surface area (Å²) in [6.45, 7) is 0.240. The van der Waals surface area contributed by atoms with Gasteiger partial charge in [0.15, 0.2) is 0 Å². The fraction of sp³-hybridized carbons (Fsp3) is 0.111. The van der Waals surface area contributed by atoms with E-state index in [0.717, 1.165) is 11.1 Å². The summed E-state index contributed by atoms with van der Waals surface area (Å²) in [6, 6.07) is 16.7. The van der Waals surface area contributed by atoms with Gasteiger partial charge < -0.3 is 15.0 Å². The number of aromatic nitrogens is 2. The number of nitrogens with two attached hydrogens (primary N) is 1. The Balaban J connectivity index is 1.71. The minimum absolute atomic E-state index is 0.116. The van der Waals surface area contributed by atoms with Gasteiger partial charge in [0.05, 0.1) is 6.33 Å². The average molecular weight is 325 g/mol. The summed E-state index contributed by atoms with van der Waals surface area (Å²) in [5.41, 5.74) is 7.44. The number of nitrogens with zero attached hydrogens (tertiary/aromatic N) is 2. The molecule has 0 aliphatic carbocycles. The number of rotatable bonds is 6.